The maximum atomic E-state index is 9.30. The molecular formula is C8H18KO-. The van der Waals surface area contributed by atoms with Crippen molar-refractivity contribution in [3.05, 3.63) is 6.92 Å². The van der Waals surface area contributed by atoms with Gasteiger partial charge in [-0.15, -0.1) is 6.61 Å². The Labute approximate surface area is 108 Å². The molecule has 0 bridgehead atoms. The van der Waals surface area contributed by atoms with Crippen molar-refractivity contribution in [2.75, 3.05) is 6.61 Å². The monoisotopic (exact) mass is 169 g/mol. The summed E-state index contributed by atoms with van der Waals surface area (Å²) in [6, 6.07) is 0. The Morgan fingerprint density at radius 1 is 1.30 bits per heavy atom. The van der Waals surface area contributed by atoms with Crippen molar-refractivity contribution in [3.63, 3.8) is 0 Å². The Bertz CT molecular complexity index is 39.7. The summed E-state index contributed by atoms with van der Waals surface area (Å²) in [5.41, 5.74) is 0.250. The molecule has 10 heavy (non-hydrogen) atoms. The molecule has 0 fully saturated rings. The zero-order chi connectivity index (χ0) is 7.91. The molecule has 58 valence electrons. The quantitative estimate of drug-likeness (QED) is 0.351. The summed E-state index contributed by atoms with van der Waals surface area (Å²) in [6.07, 6.45) is 0.764. The van der Waals surface area contributed by atoms with E-state index in [2.05, 4.69) is 27.7 Å². The van der Waals surface area contributed by atoms with E-state index >= 15 is 0 Å². The minimum Gasteiger partial charge on any atom is -0.854 e. The Hall–Kier alpha value is 1.60. The molecule has 0 aliphatic heterocycles. The molecule has 2 heteroatoms. The topological polar surface area (TPSA) is 23.1 Å². The average Bonchev–Trinajstić information content (AvgIpc) is 1.61. The van der Waals surface area contributed by atoms with Gasteiger partial charge in [-0.1, -0.05) is 34.1 Å². The zero-order valence-corrected chi connectivity index (χ0v) is 11.2. The van der Waals surface area contributed by atoms with Crippen LogP contribution >= 0.6 is 0 Å². The molecule has 0 rings (SSSR count). The smallest absolute Gasteiger partial charge is 0.854 e. The summed E-state index contributed by atoms with van der Waals surface area (Å²) >= 11 is 0. The van der Waals surface area contributed by atoms with Crippen molar-refractivity contribution in [2.24, 2.45) is 5.41 Å². The number of rotatable bonds is 1. The zero-order valence-electron chi connectivity index (χ0n) is 8.03. The van der Waals surface area contributed by atoms with E-state index in [1.54, 1.807) is 0 Å². The molecule has 0 radical (unpaired) electrons. The second-order valence-electron chi connectivity index (χ2n) is 3.26. The van der Waals surface area contributed by atoms with Gasteiger partial charge in [0.1, 0.15) is 0 Å². The molecule has 0 atom stereocenters. The third kappa shape index (κ3) is 105. The van der Waals surface area contributed by atoms with E-state index < -0.39 is 0 Å². The van der Waals surface area contributed by atoms with Crippen LogP contribution in [-0.4, -0.2) is 6.61 Å². The average molecular weight is 169 g/mol. The van der Waals surface area contributed by atoms with Crippen LogP contribution in [-0.2, 0) is 0 Å². The fourth-order valence-electron chi connectivity index (χ4n) is 0. The Morgan fingerprint density at radius 3 is 1.40 bits per heavy atom. The van der Waals surface area contributed by atoms with E-state index in [1.165, 1.54) is 0 Å². The predicted octanol–water partition coefficient (Wildman–Crippen LogP) is -1.37. The molecule has 0 saturated carbocycles. The SMILES string of the molecule is CCC[O-].[CH2-]C(C)(C)C.[K+]. The molecule has 0 saturated heterocycles. The first-order valence-electron chi connectivity index (χ1n) is 3.35. The van der Waals surface area contributed by atoms with Crippen molar-refractivity contribution in [1.29, 1.82) is 0 Å². The van der Waals surface area contributed by atoms with Crippen molar-refractivity contribution in [2.45, 2.75) is 34.1 Å². The molecule has 0 unspecified atom stereocenters. The van der Waals surface area contributed by atoms with Gasteiger partial charge in [-0.05, 0) is 0 Å². The van der Waals surface area contributed by atoms with Crippen LogP contribution in [0.25, 0.3) is 0 Å². The largest absolute Gasteiger partial charge is 1.00 e. The molecule has 0 aliphatic rings. The predicted molar refractivity (Wildman–Crippen MR) is 40.0 cm³/mol. The summed E-state index contributed by atoms with van der Waals surface area (Å²) in [4.78, 5) is 0. The van der Waals surface area contributed by atoms with E-state index in [0.29, 0.717) is 0 Å². The maximum absolute atomic E-state index is 9.30. The third-order valence-electron chi connectivity index (χ3n) is 0.204. The molecule has 0 aromatic carbocycles. The van der Waals surface area contributed by atoms with Gasteiger partial charge >= 0.3 is 51.4 Å². The van der Waals surface area contributed by atoms with Crippen molar-refractivity contribution in [3.8, 4) is 0 Å². The fraction of sp³-hybridized carbons (Fsp3) is 0.875. The molecule has 0 aromatic rings. The van der Waals surface area contributed by atoms with Gasteiger partial charge in [0.2, 0.25) is 0 Å². The summed E-state index contributed by atoms with van der Waals surface area (Å²) in [5, 5.41) is 9.30. The van der Waals surface area contributed by atoms with E-state index in [9.17, 15) is 5.11 Å². The standard InChI is InChI=1S/C5H11.C3H7O.K/c1-5(2,3)4;1-2-3-4;/h1H2,2-4H3;2-3H2,1H3;/q2*-1;+1. The maximum Gasteiger partial charge on any atom is 1.00 e. The van der Waals surface area contributed by atoms with E-state index in [4.69, 9.17) is 0 Å². The minimum atomic E-state index is 0. The second-order valence-corrected chi connectivity index (χ2v) is 3.26. The minimum absolute atomic E-state index is 0. The van der Waals surface area contributed by atoms with Crippen LogP contribution in [0.5, 0.6) is 0 Å². The third-order valence-corrected chi connectivity index (χ3v) is 0.204. The van der Waals surface area contributed by atoms with E-state index in [0.717, 1.165) is 6.42 Å². The summed E-state index contributed by atoms with van der Waals surface area (Å²) in [5.74, 6) is 0. The first-order valence-corrected chi connectivity index (χ1v) is 3.35. The van der Waals surface area contributed by atoms with Gasteiger partial charge in [-0.25, -0.2) is 0 Å². The summed E-state index contributed by atoms with van der Waals surface area (Å²) < 4.78 is 0. The second kappa shape index (κ2) is 10.6. The number of hydrogen-bond donors (Lipinski definition) is 0. The molecule has 0 aromatic heterocycles. The van der Waals surface area contributed by atoms with Crippen molar-refractivity contribution < 1.29 is 56.5 Å². The molecule has 0 aliphatic carbocycles. The van der Waals surface area contributed by atoms with Gasteiger partial charge in [-0.2, -0.15) is 5.41 Å². The number of hydrogen-bond acceptors (Lipinski definition) is 1. The van der Waals surface area contributed by atoms with Gasteiger partial charge in [-0.3, -0.25) is 0 Å². The molecule has 1 nitrogen and oxygen atoms in total. The van der Waals surface area contributed by atoms with Crippen LogP contribution in [0.3, 0.4) is 0 Å². The Kier molecular flexibility index (Phi) is 18.7. The van der Waals surface area contributed by atoms with Crippen molar-refractivity contribution in [1.82, 2.24) is 0 Å². The van der Waals surface area contributed by atoms with E-state index in [1.807, 2.05) is 6.92 Å². The molecule has 0 N–H and O–H groups in total. The molecule has 0 amide bonds. The van der Waals surface area contributed by atoms with Crippen LogP contribution in [0, 0.1) is 12.3 Å². The van der Waals surface area contributed by atoms with Crippen molar-refractivity contribution >= 4 is 0 Å². The van der Waals surface area contributed by atoms with Gasteiger partial charge in [0.05, 0.1) is 0 Å². The molecule has 0 heterocycles. The first kappa shape index (κ1) is 17.6. The van der Waals surface area contributed by atoms with Gasteiger partial charge in [0, 0.05) is 0 Å². The van der Waals surface area contributed by atoms with Crippen LogP contribution in [0.2, 0.25) is 0 Å². The Balaban J connectivity index is -0.0000000910. The van der Waals surface area contributed by atoms with Crippen LogP contribution in [0.1, 0.15) is 34.1 Å². The van der Waals surface area contributed by atoms with Gasteiger partial charge in [0.15, 0.2) is 0 Å². The first-order chi connectivity index (χ1) is 3.91. The van der Waals surface area contributed by atoms with Crippen LogP contribution in [0.4, 0.5) is 0 Å². The summed E-state index contributed by atoms with van der Waals surface area (Å²) in [7, 11) is 0. The van der Waals surface area contributed by atoms with Gasteiger partial charge < -0.3 is 12.0 Å². The molecule has 0 spiro atoms. The molecular weight excluding hydrogens is 151 g/mol. The summed E-state index contributed by atoms with van der Waals surface area (Å²) in [6.45, 7) is 11.9. The van der Waals surface area contributed by atoms with Gasteiger partial charge in [0.25, 0.3) is 0 Å². The fourth-order valence-corrected chi connectivity index (χ4v) is 0. The normalized spacial score (nSPS) is 9.00. The van der Waals surface area contributed by atoms with Crippen LogP contribution in [0.15, 0.2) is 0 Å². The Morgan fingerprint density at radius 2 is 1.40 bits per heavy atom. The van der Waals surface area contributed by atoms with Crippen LogP contribution < -0.4 is 56.5 Å². The van der Waals surface area contributed by atoms with E-state index in [-0.39, 0.29) is 63.4 Å².